The number of hydrogen-bond acceptors (Lipinski definition) is 4. The van der Waals surface area contributed by atoms with Crippen molar-refractivity contribution in [3.63, 3.8) is 0 Å². The number of hydrogen-bond donors (Lipinski definition) is 0. The van der Waals surface area contributed by atoms with E-state index in [1.54, 1.807) is 18.0 Å². The SMILES string of the molecule is CO/N=C/CN1CC(C)C(CSc2ccccc2)C1=O. The molecule has 1 heterocycles. The van der Waals surface area contributed by atoms with Gasteiger partial charge in [-0.2, -0.15) is 0 Å². The molecule has 0 bridgehead atoms. The Morgan fingerprint density at radius 2 is 2.20 bits per heavy atom. The van der Waals surface area contributed by atoms with Crippen molar-refractivity contribution < 1.29 is 9.63 Å². The van der Waals surface area contributed by atoms with Gasteiger partial charge in [-0.05, 0) is 18.1 Å². The third-order valence-corrected chi connectivity index (χ3v) is 4.61. The molecule has 5 heteroatoms. The van der Waals surface area contributed by atoms with Gasteiger partial charge in [0.05, 0.1) is 18.7 Å². The van der Waals surface area contributed by atoms with Gasteiger partial charge in [-0.1, -0.05) is 30.3 Å². The minimum Gasteiger partial charge on any atom is -0.399 e. The zero-order valence-corrected chi connectivity index (χ0v) is 12.7. The van der Waals surface area contributed by atoms with E-state index in [-0.39, 0.29) is 11.8 Å². The summed E-state index contributed by atoms with van der Waals surface area (Å²) in [4.78, 5) is 20.0. The number of benzene rings is 1. The van der Waals surface area contributed by atoms with Crippen LogP contribution in [0, 0.1) is 11.8 Å². The van der Waals surface area contributed by atoms with Crippen molar-refractivity contribution in [2.45, 2.75) is 11.8 Å². The van der Waals surface area contributed by atoms with Crippen molar-refractivity contribution in [3.05, 3.63) is 30.3 Å². The molecule has 0 radical (unpaired) electrons. The molecular weight excluding hydrogens is 272 g/mol. The predicted octanol–water partition coefficient (Wildman–Crippen LogP) is 2.51. The molecule has 0 spiro atoms. The van der Waals surface area contributed by atoms with Gasteiger partial charge in [0.1, 0.15) is 7.11 Å². The molecule has 1 fully saturated rings. The Bertz CT molecular complexity index is 464. The third kappa shape index (κ3) is 3.76. The van der Waals surface area contributed by atoms with Crippen molar-refractivity contribution in [3.8, 4) is 0 Å². The molecule has 1 aromatic rings. The van der Waals surface area contributed by atoms with Crippen LogP contribution in [0.3, 0.4) is 0 Å². The molecule has 0 aromatic heterocycles. The minimum absolute atomic E-state index is 0.0937. The molecule has 1 aliphatic heterocycles. The number of oxime groups is 1. The monoisotopic (exact) mass is 292 g/mol. The van der Waals surface area contributed by atoms with Crippen molar-refractivity contribution in [2.24, 2.45) is 17.0 Å². The minimum atomic E-state index is 0.0937. The van der Waals surface area contributed by atoms with Crippen molar-refractivity contribution in [1.82, 2.24) is 4.90 Å². The highest BCUT2D eigenvalue weighted by Gasteiger charge is 2.36. The molecule has 0 N–H and O–H groups in total. The third-order valence-electron chi connectivity index (χ3n) is 3.48. The molecule has 0 aliphatic carbocycles. The molecule has 108 valence electrons. The van der Waals surface area contributed by atoms with Crippen LogP contribution in [0.5, 0.6) is 0 Å². The molecule has 1 amide bonds. The van der Waals surface area contributed by atoms with Crippen LogP contribution >= 0.6 is 11.8 Å². The van der Waals surface area contributed by atoms with Gasteiger partial charge in [0.15, 0.2) is 0 Å². The molecule has 2 unspecified atom stereocenters. The Balaban J connectivity index is 1.88. The van der Waals surface area contributed by atoms with E-state index in [1.807, 2.05) is 23.1 Å². The van der Waals surface area contributed by atoms with Crippen LogP contribution < -0.4 is 0 Å². The fourth-order valence-corrected chi connectivity index (χ4v) is 3.54. The predicted molar refractivity (Wildman–Crippen MR) is 81.9 cm³/mol. The van der Waals surface area contributed by atoms with Gasteiger partial charge in [0, 0.05) is 17.2 Å². The lowest BCUT2D eigenvalue weighted by atomic mass is 10.0. The van der Waals surface area contributed by atoms with Gasteiger partial charge in [-0.15, -0.1) is 11.8 Å². The summed E-state index contributed by atoms with van der Waals surface area (Å²) < 4.78 is 0. The first-order valence-corrected chi connectivity index (χ1v) is 7.72. The number of rotatable bonds is 6. The van der Waals surface area contributed by atoms with Gasteiger partial charge in [0.2, 0.25) is 5.91 Å². The van der Waals surface area contributed by atoms with E-state index < -0.39 is 0 Å². The summed E-state index contributed by atoms with van der Waals surface area (Å²) in [7, 11) is 1.50. The maximum Gasteiger partial charge on any atom is 0.227 e. The summed E-state index contributed by atoms with van der Waals surface area (Å²) >= 11 is 1.75. The number of nitrogens with zero attached hydrogens (tertiary/aromatic N) is 2. The van der Waals surface area contributed by atoms with E-state index in [9.17, 15) is 4.79 Å². The van der Waals surface area contributed by atoms with Crippen molar-refractivity contribution in [2.75, 3.05) is 26.0 Å². The molecule has 4 nitrogen and oxygen atoms in total. The second-order valence-electron chi connectivity index (χ2n) is 4.92. The lowest BCUT2D eigenvalue weighted by Gasteiger charge is -2.13. The zero-order chi connectivity index (χ0) is 14.4. The number of carbonyl (C=O) groups excluding carboxylic acids is 1. The molecule has 1 aliphatic rings. The van der Waals surface area contributed by atoms with E-state index in [0.717, 1.165) is 12.3 Å². The van der Waals surface area contributed by atoms with Crippen LogP contribution in [0.25, 0.3) is 0 Å². The van der Waals surface area contributed by atoms with E-state index in [0.29, 0.717) is 12.5 Å². The first kappa shape index (κ1) is 14.9. The van der Waals surface area contributed by atoms with Crippen LogP contribution in [0.15, 0.2) is 40.4 Å². The van der Waals surface area contributed by atoms with Gasteiger partial charge >= 0.3 is 0 Å². The van der Waals surface area contributed by atoms with Gasteiger partial charge in [-0.3, -0.25) is 4.79 Å². The molecule has 2 rings (SSSR count). The Kier molecular flexibility index (Phi) is 5.47. The van der Waals surface area contributed by atoms with Gasteiger partial charge in [-0.25, -0.2) is 0 Å². The number of amides is 1. The van der Waals surface area contributed by atoms with Crippen LogP contribution in [0.4, 0.5) is 0 Å². The summed E-state index contributed by atoms with van der Waals surface area (Å²) in [5, 5.41) is 3.69. The highest BCUT2D eigenvalue weighted by Crippen LogP contribution is 2.30. The molecular formula is C15H20N2O2S. The zero-order valence-electron chi connectivity index (χ0n) is 11.9. The molecule has 0 saturated carbocycles. The second-order valence-corrected chi connectivity index (χ2v) is 6.02. The number of thioether (sulfide) groups is 1. The van der Waals surface area contributed by atoms with Crippen molar-refractivity contribution in [1.29, 1.82) is 0 Å². The summed E-state index contributed by atoms with van der Waals surface area (Å²) in [5.41, 5.74) is 0. The average molecular weight is 292 g/mol. The molecule has 20 heavy (non-hydrogen) atoms. The molecule has 1 saturated heterocycles. The lowest BCUT2D eigenvalue weighted by Crippen LogP contribution is -2.29. The van der Waals surface area contributed by atoms with Gasteiger partial charge < -0.3 is 9.74 Å². The molecule has 1 aromatic carbocycles. The molecule has 2 atom stereocenters. The van der Waals surface area contributed by atoms with Crippen LogP contribution in [0.1, 0.15) is 6.92 Å². The first-order valence-electron chi connectivity index (χ1n) is 6.74. The van der Waals surface area contributed by atoms with Crippen LogP contribution in [-0.4, -0.2) is 43.0 Å². The summed E-state index contributed by atoms with van der Waals surface area (Å²) in [6.07, 6.45) is 1.64. The standard InChI is InChI=1S/C15H20N2O2S/c1-12-10-17(9-8-16-19-2)15(18)14(12)11-20-13-6-4-3-5-7-13/h3-8,12,14H,9-11H2,1-2H3/b16-8+. The smallest absolute Gasteiger partial charge is 0.227 e. The summed E-state index contributed by atoms with van der Waals surface area (Å²) in [6, 6.07) is 10.2. The van der Waals surface area contributed by atoms with Crippen LogP contribution in [-0.2, 0) is 9.63 Å². The summed E-state index contributed by atoms with van der Waals surface area (Å²) in [5.74, 6) is 1.54. The maximum atomic E-state index is 12.3. The van der Waals surface area contributed by atoms with E-state index in [1.165, 1.54) is 12.0 Å². The largest absolute Gasteiger partial charge is 0.399 e. The van der Waals surface area contributed by atoms with Crippen molar-refractivity contribution >= 4 is 23.9 Å². The second kappa shape index (κ2) is 7.33. The maximum absolute atomic E-state index is 12.3. The Hall–Kier alpha value is -1.49. The normalized spacial score (nSPS) is 22.7. The number of likely N-dealkylation sites (tertiary alicyclic amines) is 1. The lowest BCUT2D eigenvalue weighted by molar-refractivity contribution is -0.129. The number of carbonyl (C=O) groups is 1. The Morgan fingerprint density at radius 1 is 1.45 bits per heavy atom. The van der Waals surface area contributed by atoms with E-state index in [2.05, 4.69) is 29.0 Å². The average Bonchev–Trinajstić information content (AvgIpc) is 2.73. The van der Waals surface area contributed by atoms with Crippen LogP contribution in [0.2, 0.25) is 0 Å². The fraction of sp³-hybridized carbons (Fsp3) is 0.467. The van der Waals surface area contributed by atoms with E-state index in [4.69, 9.17) is 0 Å². The van der Waals surface area contributed by atoms with E-state index >= 15 is 0 Å². The first-order chi connectivity index (χ1) is 9.72. The highest BCUT2D eigenvalue weighted by molar-refractivity contribution is 7.99. The topological polar surface area (TPSA) is 41.9 Å². The Morgan fingerprint density at radius 3 is 2.90 bits per heavy atom. The van der Waals surface area contributed by atoms with Gasteiger partial charge in [0.25, 0.3) is 0 Å². The summed E-state index contributed by atoms with van der Waals surface area (Å²) in [6.45, 7) is 3.47. The Labute approximate surface area is 124 Å². The fourth-order valence-electron chi connectivity index (χ4n) is 2.35. The quantitative estimate of drug-likeness (QED) is 0.459. The highest BCUT2D eigenvalue weighted by atomic mass is 32.2.